The topological polar surface area (TPSA) is 27.7 Å². The maximum atomic E-state index is 7.80. The molecule has 0 aromatic heterocycles. The average molecular weight is 210 g/mol. The minimum atomic E-state index is -2.30. The molecule has 2 fully saturated rings. The monoisotopic (exact) mass is 210 g/mol. The van der Waals surface area contributed by atoms with Gasteiger partial charge in [-0.3, -0.25) is 0 Å². The maximum absolute atomic E-state index is 7.80. The summed E-state index contributed by atoms with van der Waals surface area (Å²) in [4.78, 5) is 0. The highest BCUT2D eigenvalue weighted by Gasteiger charge is 2.48. The summed E-state index contributed by atoms with van der Waals surface area (Å²) in [6.45, 7) is -3.90. The molecule has 0 unspecified atom stereocenters. The van der Waals surface area contributed by atoms with Gasteiger partial charge in [0.1, 0.15) is 18.8 Å². The molecule has 1 aromatic carbocycles. The van der Waals surface area contributed by atoms with Crippen LogP contribution in [0, 0.1) is 0 Å². The normalized spacial score (nSPS) is 46.7. The molecule has 80 valence electrons. The van der Waals surface area contributed by atoms with Crippen molar-refractivity contribution in [3.8, 4) is 0 Å². The number of ether oxygens (including phenoxy) is 3. The predicted molar refractivity (Wildman–Crippen MR) is 54.4 cm³/mol. The quantitative estimate of drug-likeness (QED) is 0.708. The van der Waals surface area contributed by atoms with E-state index in [9.17, 15) is 0 Å². The second-order valence-corrected chi connectivity index (χ2v) is 3.69. The van der Waals surface area contributed by atoms with Crippen molar-refractivity contribution in [3.05, 3.63) is 35.9 Å². The van der Waals surface area contributed by atoms with E-state index in [2.05, 4.69) is 0 Å². The predicted octanol–water partition coefficient (Wildman–Crippen LogP) is 1.89. The molecule has 3 rings (SSSR count). The molecule has 0 N–H and O–H groups in total. The summed E-state index contributed by atoms with van der Waals surface area (Å²) < 4.78 is 47.0. The van der Waals surface area contributed by atoms with Crippen LogP contribution in [0.15, 0.2) is 30.3 Å². The van der Waals surface area contributed by atoms with E-state index in [-0.39, 0.29) is 6.61 Å². The molecular weight excluding hydrogens is 192 g/mol. The zero-order valence-corrected chi connectivity index (χ0v) is 8.05. The van der Waals surface area contributed by atoms with Gasteiger partial charge in [-0.25, -0.2) is 0 Å². The Morgan fingerprint density at radius 1 is 1.40 bits per heavy atom. The van der Waals surface area contributed by atoms with Crippen molar-refractivity contribution in [2.45, 2.75) is 24.9 Å². The summed E-state index contributed by atoms with van der Waals surface area (Å²) in [6.07, 6.45) is -1.01. The fourth-order valence-electron chi connectivity index (χ4n) is 1.90. The Bertz CT molecular complexity index is 467. The van der Waals surface area contributed by atoms with E-state index in [0.717, 1.165) is 5.56 Å². The molecule has 2 aliphatic heterocycles. The Morgan fingerprint density at radius 2 is 2.27 bits per heavy atom. The van der Waals surface area contributed by atoms with Gasteiger partial charge < -0.3 is 14.2 Å². The number of rotatable bonds is 1. The summed E-state index contributed by atoms with van der Waals surface area (Å²) in [5.41, 5.74) is 0.830. The van der Waals surface area contributed by atoms with Crippen molar-refractivity contribution in [1.82, 2.24) is 0 Å². The molecule has 2 bridgehead atoms. The second-order valence-electron chi connectivity index (χ2n) is 3.69. The SMILES string of the molecule is [2H]C([2H])[C@@]12O[C@@H](COC1([2H])[2H])[C@@H](c1ccccc1)O2. The highest BCUT2D eigenvalue weighted by molar-refractivity contribution is 5.20. The summed E-state index contributed by atoms with van der Waals surface area (Å²) >= 11 is 0. The molecule has 0 saturated carbocycles. The smallest absolute Gasteiger partial charge is 0.190 e. The molecule has 0 aliphatic carbocycles. The lowest BCUT2D eigenvalue weighted by Gasteiger charge is -2.26. The number of fused-ring (bicyclic) bond motifs is 2. The average Bonchev–Trinajstić information content (AvgIpc) is 2.74. The van der Waals surface area contributed by atoms with Crippen LogP contribution in [-0.4, -0.2) is 25.1 Å². The summed E-state index contributed by atoms with van der Waals surface area (Å²) in [5.74, 6) is -1.99. The standard InChI is InChI=1S/C12H14O3/c1-12-8-13-7-10(14-12)11(15-12)9-5-3-2-4-6-9/h2-6,10-11H,7-8H2,1H3/t10-,11+,12-/m0/s1/i1D2,8D2. The molecule has 0 spiro atoms. The lowest BCUT2D eigenvalue weighted by molar-refractivity contribution is -0.226. The zero-order chi connectivity index (χ0) is 13.7. The number of benzene rings is 1. The third-order valence-corrected chi connectivity index (χ3v) is 2.56. The minimum Gasteiger partial charge on any atom is -0.373 e. The Hall–Kier alpha value is -0.900. The first-order valence-corrected chi connectivity index (χ1v) is 4.85. The molecule has 2 aliphatic rings. The van der Waals surface area contributed by atoms with E-state index < -0.39 is 31.4 Å². The Morgan fingerprint density at radius 3 is 3.00 bits per heavy atom. The first kappa shape index (κ1) is 5.99. The number of hydrogen-bond acceptors (Lipinski definition) is 3. The zero-order valence-electron chi connectivity index (χ0n) is 12.1. The Kier molecular flexibility index (Phi) is 1.32. The van der Waals surface area contributed by atoms with Gasteiger partial charge in [-0.15, -0.1) is 0 Å². The maximum Gasteiger partial charge on any atom is 0.190 e. The van der Waals surface area contributed by atoms with Gasteiger partial charge in [0.05, 0.1) is 9.35 Å². The fourth-order valence-corrected chi connectivity index (χ4v) is 1.90. The van der Waals surface area contributed by atoms with Crippen molar-refractivity contribution in [2.24, 2.45) is 0 Å². The van der Waals surface area contributed by atoms with Gasteiger partial charge in [0.25, 0.3) is 0 Å². The molecule has 3 atom stereocenters. The van der Waals surface area contributed by atoms with E-state index in [0.29, 0.717) is 0 Å². The summed E-state index contributed by atoms with van der Waals surface area (Å²) in [5, 5.41) is 0. The third-order valence-electron chi connectivity index (χ3n) is 2.56. The summed E-state index contributed by atoms with van der Waals surface area (Å²) in [6, 6.07) is 9.26. The van der Waals surface area contributed by atoms with Gasteiger partial charge in [-0.2, -0.15) is 0 Å². The first-order valence-electron chi connectivity index (χ1n) is 7.01. The number of hydrogen-bond donors (Lipinski definition) is 0. The van der Waals surface area contributed by atoms with Crippen molar-refractivity contribution in [3.63, 3.8) is 0 Å². The third kappa shape index (κ3) is 1.57. The van der Waals surface area contributed by atoms with E-state index >= 15 is 0 Å². The largest absolute Gasteiger partial charge is 0.373 e. The second kappa shape index (κ2) is 3.30. The van der Waals surface area contributed by atoms with Gasteiger partial charge in [-0.05, 0) is 12.4 Å². The van der Waals surface area contributed by atoms with Gasteiger partial charge in [0.2, 0.25) is 0 Å². The van der Waals surface area contributed by atoms with Crippen LogP contribution in [0.3, 0.4) is 0 Å². The van der Waals surface area contributed by atoms with Crippen LogP contribution >= 0.6 is 0 Å². The van der Waals surface area contributed by atoms with E-state index in [4.69, 9.17) is 19.7 Å². The first-order chi connectivity index (χ1) is 8.96. The van der Waals surface area contributed by atoms with Gasteiger partial charge in [0, 0.05) is 2.74 Å². The van der Waals surface area contributed by atoms with Crippen LogP contribution in [0.2, 0.25) is 0 Å². The van der Waals surface area contributed by atoms with Gasteiger partial charge in [-0.1, -0.05) is 30.3 Å². The molecule has 15 heavy (non-hydrogen) atoms. The van der Waals surface area contributed by atoms with Crippen LogP contribution in [0.4, 0.5) is 0 Å². The van der Waals surface area contributed by atoms with E-state index in [1.165, 1.54) is 0 Å². The molecule has 1 aromatic rings. The molecule has 3 nitrogen and oxygen atoms in total. The summed E-state index contributed by atoms with van der Waals surface area (Å²) in [7, 11) is 0. The van der Waals surface area contributed by atoms with Crippen LogP contribution in [0.1, 0.15) is 24.0 Å². The molecule has 3 heteroatoms. The fraction of sp³-hybridized carbons (Fsp3) is 0.500. The minimum absolute atomic E-state index is 0.0427. The highest BCUT2D eigenvalue weighted by Crippen LogP contribution is 2.41. The molecule has 2 saturated heterocycles. The highest BCUT2D eigenvalue weighted by atomic mass is 16.8. The lowest BCUT2D eigenvalue weighted by Crippen LogP contribution is -2.38. The van der Waals surface area contributed by atoms with Crippen LogP contribution in [0.5, 0.6) is 0 Å². The molecule has 0 amide bonds. The van der Waals surface area contributed by atoms with Crippen molar-refractivity contribution in [2.75, 3.05) is 13.2 Å². The van der Waals surface area contributed by atoms with Crippen molar-refractivity contribution in [1.29, 1.82) is 0 Å². The molecule has 2 heterocycles. The molecular formula is C12H14O3. The van der Waals surface area contributed by atoms with E-state index in [1.807, 2.05) is 30.3 Å². The molecule has 0 radical (unpaired) electrons. The van der Waals surface area contributed by atoms with E-state index in [1.54, 1.807) is 0 Å². The van der Waals surface area contributed by atoms with Gasteiger partial charge in [0.15, 0.2) is 5.79 Å². The van der Waals surface area contributed by atoms with Crippen LogP contribution in [0.25, 0.3) is 0 Å². The Balaban J connectivity index is 1.98. The van der Waals surface area contributed by atoms with Gasteiger partial charge >= 0.3 is 0 Å². The van der Waals surface area contributed by atoms with Crippen LogP contribution < -0.4 is 0 Å². The lowest BCUT2D eigenvalue weighted by atomic mass is 10.1. The van der Waals surface area contributed by atoms with Crippen LogP contribution in [-0.2, 0) is 14.2 Å². The van der Waals surface area contributed by atoms with Crippen molar-refractivity contribution < 1.29 is 19.7 Å². The Labute approximate surface area is 94.6 Å². The van der Waals surface area contributed by atoms with Crippen molar-refractivity contribution >= 4 is 0 Å².